The fourth-order valence-corrected chi connectivity index (χ4v) is 2.71. The molecule has 2 unspecified atom stereocenters. The SMILES string of the molecule is Cc1cc(C(=O)NCCN2CC(C)OC(C)C2)n(C)n1. The Morgan fingerprint density at radius 2 is 2.10 bits per heavy atom. The number of amides is 1. The van der Waals surface area contributed by atoms with Crippen LogP contribution >= 0.6 is 0 Å². The van der Waals surface area contributed by atoms with Crippen LogP contribution in [-0.2, 0) is 11.8 Å². The zero-order chi connectivity index (χ0) is 14.7. The van der Waals surface area contributed by atoms with Crippen LogP contribution in [0, 0.1) is 6.92 Å². The molecule has 112 valence electrons. The lowest BCUT2D eigenvalue weighted by molar-refractivity contribution is -0.0672. The van der Waals surface area contributed by atoms with Crippen molar-refractivity contribution in [2.75, 3.05) is 26.2 Å². The van der Waals surface area contributed by atoms with Gasteiger partial charge in [0.05, 0.1) is 17.9 Å². The van der Waals surface area contributed by atoms with E-state index in [1.54, 1.807) is 17.8 Å². The van der Waals surface area contributed by atoms with E-state index >= 15 is 0 Å². The number of aromatic nitrogens is 2. The first-order valence-electron chi connectivity index (χ1n) is 7.12. The highest BCUT2D eigenvalue weighted by molar-refractivity contribution is 5.92. The first kappa shape index (κ1) is 15.0. The van der Waals surface area contributed by atoms with E-state index in [9.17, 15) is 4.79 Å². The smallest absolute Gasteiger partial charge is 0.269 e. The summed E-state index contributed by atoms with van der Waals surface area (Å²) in [5.41, 5.74) is 1.46. The van der Waals surface area contributed by atoms with Crippen molar-refractivity contribution in [2.24, 2.45) is 7.05 Å². The maximum absolute atomic E-state index is 12.0. The molecule has 0 radical (unpaired) electrons. The summed E-state index contributed by atoms with van der Waals surface area (Å²) >= 11 is 0. The van der Waals surface area contributed by atoms with E-state index in [1.165, 1.54) is 0 Å². The predicted octanol–water partition coefficient (Wildman–Crippen LogP) is 0.568. The van der Waals surface area contributed by atoms with Crippen molar-refractivity contribution in [3.63, 3.8) is 0 Å². The first-order valence-corrected chi connectivity index (χ1v) is 7.12. The molecule has 0 aromatic carbocycles. The molecule has 1 aromatic rings. The lowest BCUT2D eigenvalue weighted by atomic mass is 10.2. The Bertz CT molecular complexity index is 462. The van der Waals surface area contributed by atoms with Gasteiger partial charge in [-0.3, -0.25) is 14.4 Å². The fraction of sp³-hybridized carbons (Fsp3) is 0.714. The van der Waals surface area contributed by atoms with Crippen molar-refractivity contribution in [3.8, 4) is 0 Å². The van der Waals surface area contributed by atoms with Crippen LogP contribution in [0.3, 0.4) is 0 Å². The van der Waals surface area contributed by atoms with Gasteiger partial charge in [0.2, 0.25) is 0 Å². The van der Waals surface area contributed by atoms with Crippen molar-refractivity contribution in [2.45, 2.75) is 33.0 Å². The summed E-state index contributed by atoms with van der Waals surface area (Å²) in [6, 6.07) is 1.80. The van der Waals surface area contributed by atoms with E-state index in [4.69, 9.17) is 4.74 Å². The largest absolute Gasteiger partial charge is 0.373 e. The second kappa shape index (κ2) is 6.37. The molecule has 0 aliphatic carbocycles. The van der Waals surface area contributed by atoms with Crippen LogP contribution in [0.15, 0.2) is 6.07 Å². The number of ether oxygens (including phenoxy) is 1. The molecule has 0 bridgehead atoms. The molecule has 1 aromatic heterocycles. The third kappa shape index (κ3) is 3.80. The van der Waals surface area contributed by atoms with Gasteiger partial charge in [-0.2, -0.15) is 5.10 Å². The molecule has 2 heterocycles. The summed E-state index contributed by atoms with van der Waals surface area (Å²) in [5.74, 6) is -0.0672. The molecule has 1 fully saturated rings. The molecule has 0 spiro atoms. The molecule has 2 rings (SSSR count). The Kier molecular flexibility index (Phi) is 4.77. The van der Waals surface area contributed by atoms with Gasteiger partial charge in [0.1, 0.15) is 5.69 Å². The summed E-state index contributed by atoms with van der Waals surface area (Å²) in [7, 11) is 1.78. The van der Waals surface area contributed by atoms with E-state index in [0.29, 0.717) is 12.2 Å². The van der Waals surface area contributed by atoms with Crippen LogP contribution in [0.2, 0.25) is 0 Å². The van der Waals surface area contributed by atoms with Gasteiger partial charge in [-0.05, 0) is 26.8 Å². The van der Waals surface area contributed by atoms with E-state index in [2.05, 4.69) is 29.2 Å². The topological polar surface area (TPSA) is 59.4 Å². The number of nitrogens with zero attached hydrogens (tertiary/aromatic N) is 3. The highest BCUT2D eigenvalue weighted by Crippen LogP contribution is 2.09. The Hall–Kier alpha value is -1.40. The Labute approximate surface area is 120 Å². The number of nitrogens with one attached hydrogen (secondary N) is 1. The number of hydrogen-bond donors (Lipinski definition) is 1. The van der Waals surface area contributed by atoms with Gasteiger partial charge in [0.15, 0.2) is 0 Å². The van der Waals surface area contributed by atoms with Crippen molar-refractivity contribution in [1.82, 2.24) is 20.0 Å². The maximum atomic E-state index is 12.0. The summed E-state index contributed by atoms with van der Waals surface area (Å²) in [5, 5.41) is 7.13. The van der Waals surface area contributed by atoms with Crippen molar-refractivity contribution >= 4 is 5.91 Å². The average molecular weight is 280 g/mol. The third-order valence-corrected chi connectivity index (χ3v) is 3.44. The van der Waals surface area contributed by atoms with Crippen LogP contribution in [-0.4, -0.2) is 59.0 Å². The minimum absolute atomic E-state index is 0.0672. The lowest BCUT2D eigenvalue weighted by Gasteiger charge is -2.35. The minimum Gasteiger partial charge on any atom is -0.373 e. The molecule has 6 heteroatoms. The fourth-order valence-electron chi connectivity index (χ4n) is 2.71. The van der Waals surface area contributed by atoms with Crippen molar-refractivity contribution < 1.29 is 9.53 Å². The van der Waals surface area contributed by atoms with Gasteiger partial charge in [-0.15, -0.1) is 0 Å². The molecular weight excluding hydrogens is 256 g/mol. The van der Waals surface area contributed by atoms with Gasteiger partial charge in [-0.1, -0.05) is 0 Å². The zero-order valence-electron chi connectivity index (χ0n) is 12.7. The summed E-state index contributed by atoms with van der Waals surface area (Å²) in [4.78, 5) is 14.4. The number of aryl methyl sites for hydroxylation is 2. The summed E-state index contributed by atoms with van der Waals surface area (Å²) in [6.07, 6.45) is 0.517. The molecule has 2 atom stereocenters. The summed E-state index contributed by atoms with van der Waals surface area (Å²) < 4.78 is 7.31. The second-order valence-electron chi connectivity index (χ2n) is 5.57. The quantitative estimate of drug-likeness (QED) is 0.876. The normalized spacial score (nSPS) is 23.8. The average Bonchev–Trinajstić information content (AvgIpc) is 2.67. The van der Waals surface area contributed by atoms with Crippen LogP contribution < -0.4 is 5.32 Å². The Balaban J connectivity index is 1.78. The molecule has 20 heavy (non-hydrogen) atoms. The van der Waals surface area contributed by atoms with Gasteiger partial charge >= 0.3 is 0 Å². The van der Waals surface area contributed by atoms with Crippen LogP contribution in [0.1, 0.15) is 30.0 Å². The second-order valence-corrected chi connectivity index (χ2v) is 5.57. The van der Waals surface area contributed by atoms with Crippen LogP contribution in [0.25, 0.3) is 0 Å². The molecule has 1 saturated heterocycles. The standard InChI is InChI=1S/C14H24N4O2/c1-10-7-13(17(4)16-10)14(19)15-5-6-18-8-11(2)20-12(3)9-18/h7,11-12H,5-6,8-9H2,1-4H3,(H,15,19). The molecule has 6 nitrogen and oxygen atoms in total. The molecule has 1 aliphatic rings. The first-order chi connectivity index (χ1) is 9.45. The zero-order valence-corrected chi connectivity index (χ0v) is 12.7. The van der Waals surface area contributed by atoms with Crippen molar-refractivity contribution in [1.29, 1.82) is 0 Å². The summed E-state index contributed by atoms with van der Waals surface area (Å²) in [6.45, 7) is 9.38. The number of carbonyl (C=O) groups excluding carboxylic acids is 1. The monoisotopic (exact) mass is 280 g/mol. The predicted molar refractivity (Wildman–Crippen MR) is 76.7 cm³/mol. The number of carbonyl (C=O) groups is 1. The van der Waals surface area contributed by atoms with Gasteiger partial charge in [0, 0.05) is 33.2 Å². The number of morpholine rings is 1. The van der Waals surface area contributed by atoms with Crippen LogP contribution in [0.5, 0.6) is 0 Å². The van der Waals surface area contributed by atoms with Gasteiger partial charge in [0.25, 0.3) is 5.91 Å². The third-order valence-electron chi connectivity index (χ3n) is 3.44. The highest BCUT2D eigenvalue weighted by Gasteiger charge is 2.21. The molecule has 1 N–H and O–H groups in total. The van der Waals surface area contributed by atoms with E-state index in [1.807, 2.05) is 6.92 Å². The number of rotatable bonds is 4. The maximum Gasteiger partial charge on any atom is 0.269 e. The van der Waals surface area contributed by atoms with E-state index in [-0.39, 0.29) is 18.1 Å². The van der Waals surface area contributed by atoms with Crippen molar-refractivity contribution in [3.05, 3.63) is 17.5 Å². The molecule has 0 saturated carbocycles. The molecular formula is C14H24N4O2. The van der Waals surface area contributed by atoms with Gasteiger partial charge < -0.3 is 10.1 Å². The van der Waals surface area contributed by atoms with E-state index < -0.39 is 0 Å². The number of hydrogen-bond acceptors (Lipinski definition) is 4. The lowest BCUT2D eigenvalue weighted by Crippen LogP contribution is -2.47. The molecule has 1 aliphatic heterocycles. The Morgan fingerprint density at radius 3 is 2.65 bits per heavy atom. The minimum atomic E-state index is -0.0672. The van der Waals surface area contributed by atoms with E-state index in [0.717, 1.165) is 25.3 Å². The molecule has 1 amide bonds. The van der Waals surface area contributed by atoms with Gasteiger partial charge in [-0.25, -0.2) is 0 Å². The highest BCUT2D eigenvalue weighted by atomic mass is 16.5. The Morgan fingerprint density at radius 1 is 1.45 bits per heavy atom. The van der Waals surface area contributed by atoms with Crippen LogP contribution in [0.4, 0.5) is 0 Å².